The van der Waals surface area contributed by atoms with Gasteiger partial charge in [-0.15, -0.1) is 0 Å². The minimum atomic E-state index is 0.550. The molecule has 0 aromatic carbocycles. The highest BCUT2D eigenvalue weighted by atomic mass is 15.3. The Morgan fingerprint density at radius 3 is 2.70 bits per heavy atom. The van der Waals surface area contributed by atoms with E-state index in [0.29, 0.717) is 6.04 Å². The highest BCUT2D eigenvalue weighted by Gasteiger charge is 2.29. The van der Waals surface area contributed by atoms with E-state index in [0.717, 1.165) is 36.6 Å². The van der Waals surface area contributed by atoms with Crippen molar-refractivity contribution in [2.24, 2.45) is 0 Å². The quantitative estimate of drug-likeness (QED) is 0.833. The maximum Gasteiger partial charge on any atom is 0.226 e. The fraction of sp³-hybridized carbons (Fsp3) is 0.467. The van der Waals surface area contributed by atoms with Crippen LogP contribution in [-0.4, -0.2) is 32.5 Å². The van der Waals surface area contributed by atoms with E-state index in [4.69, 9.17) is 9.97 Å². The highest BCUT2D eigenvalue weighted by molar-refractivity contribution is 5.65. The van der Waals surface area contributed by atoms with Crippen LogP contribution in [0.1, 0.15) is 31.0 Å². The van der Waals surface area contributed by atoms with Crippen molar-refractivity contribution >= 4 is 5.95 Å². The van der Waals surface area contributed by atoms with Crippen LogP contribution in [0, 0.1) is 0 Å². The van der Waals surface area contributed by atoms with Crippen molar-refractivity contribution in [1.82, 2.24) is 19.9 Å². The zero-order valence-electron chi connectivity index (χ0n) is 11.6. The first-order valence-corrected chi connectivity index (χ1v) is 7.25. The Kier molecular flexibility index (Phi) is 2.65. The molecule has 2 aromatic heterocycles. The number of rotatable bonds is 2. The van der Waals surface area contributed by atoms with E-state index in [1.165, 1.54) is 24.1 Å². The number of anilines is 1. The molecule has 1 saturated heterocycles. The molecule has 4 rings (SSSR count). The standard InChI is InChI=1S/C15H17N5/c1-10-5-6-20(10)15-18-13-4-2-3-12(13)14(19-15)11-7-16-9-17-8-11/h7-10H,2-6H2,1H3/t10-/m0/s1. The van der Waals surface area contributed by atoms with Crippen molar-refractivity contribution in [2.75, 3.05) is 11.4 Å². The minimum absolute atomic E-state index is 0.550. The molecule has 2 aliphatic rings. The topological polar surface area (TPSA) is 54.8 Å². The van der Waals surface area contributed by atoms with Crippen LogP contribution in [-0.2, 0) is 12.8 Å². The van der Waals surface area contributed by atoms with Crippen LogP contribution in [0.4, 0.5) is 5.95 Å². The summed E-state index contributed by atoms with van der Waals surface area (Å²) in [6.45, 7) is 3.29. The average Bonchev–Trinajstić information content (AvgIpc) is 2.94. The second-order valence-electron chi connectivity index (χ2n) is 5.61. The lowest BCUT2D eigenvalue weighted by Gasteiger charge is -2.39. The molecule has 2 aromatic rings. The smallest absolute Gasteiger partial charge is 0.226 e. The minimum Gasteiger partial charge on any atom is -0.338 e. The van der Waals surface area contributed by atoms with Crippen LogP contribution in [0.3, 0.4) is 0 Å². The Morgan fingerprint density at radius 2 is 2.00 bits per heavy atom. The summed E-state index contributed by atoms with van der Waals surface area (Å²) in [5.41, 5.74) is 4.54. The Morgan fingerprint density at radius 1 is 1.15 bits per heavy atom. The predicted octanol–water partition coefficient (Wildman–Crippen LogP) is 2.02. The van der Waals surface area contributed by atoms with Gasteiger partial charge in [-0.25, -0.2) is 19.9 Å². The molecule has 5 nitrogen and oxygen atoms in total. The third kappa shape index (κ3) is 1.77. The zero-order valence-corrected chi connectivity index (χ0v) is 11.6. The summed E-state index contributed by atoms with van der Waals surface area (Å²) in [6, 6.07) is 0.550. The van der Waals surface area contributed by atoms with Gasteiger partial charge in [-0.1, -0.05) is 0 Å². The van der Waals surface area contributed by atoms with Gasteiger partial charge in [0.15, 0.2) is 0 Å². The van der Waals surface area contributed by atoms with Crippen molar-refractivity contribution in [3.8, 4) is 11.3 Å². The molecular formula is C15H17N5. The van der Waals surface area contributed by atoms with Gasteiger partial charge in [-0.05, 0) is 32.6 Å². The van der Waals surface area contributed by atoms with Gasteiger partial charge in [0.2, 0.25) is 5.95 Å². The van der Waals surface area contributed by atoms with Crippen molar-refractivity contribution in [1.29, 1.82) is 0 Å². The lowest BCUT2D eigenvalue weighted by Crippen LogP contribution is -2.46. The lowest BCUT2D eigenvalue weighted by molar-refractivity contribution is 0.470. The summed E-state index contributed by atoms with van der Waals surface area (Å²) in [5.74, 6) is 0.878. The van der Waals surface area contributed by atoms with Gasteiger partial charge in [0.05, 0.1) is 5.69 Å². The van der Waals surface area contributed by atoms with E-state index in [-0.39, 0.29) is 0 Å². The number of hydrogen-bond acceptors (Lipinski definition) is 5. The van der Waals surface area contributed by atoms with Crippen LogP contribution in [0.15, 0.2) is 18.7 Å². The predicted molar refractivity (Wildman–Crippen MR) is 76.5 cm³/mol. The molecular weight excluding hydrogens is 250 g/mol. The monoisotopic (exact) mass is 267 g/mol. The second kappa shape index (κ2) is 4.51. The van der Waals surface area contributed by atoms with E-state index < -0.39 is 0 Å². The lowest BCUT2D eigenvalue weighted by atomic mass is 10.1. The summed E-state index contributed by atoms with van der Waals surface area (Å²) in [7, 11) is 0. The number of fused-ring (bicyclic) bond motifs is 1. The molecule has 20 heavy (non-hydrogen) atoms. The van der Waals surface area contributed by atoms with E-state index >= 15 is 0 Å². The first kappa shape index (κ1) is 11.8. The Labute approximate surface area is 118 Å². The van der Waals surface area contributed by atoms with Crippen LogP contribution in [0.25, 0.3) is 11.3 Å². The van der Waals surface area contributed by atoms with Gasteiger partial charge in [-0.3, -0.25) is 0 Å². The van der Waals surface area contributed by atoms with E-state index in [1.807, 2.05) is 12.4 Å². The maximum atomic E-state index is 4.82. The molecule has 102 valence electrons. The molecule has 3 heterocycles. The number of aromatic nitrogens is 4. The summed E-state index contributed by atoms with van der Waals surface area (Å²) in [4.78, 5) is 20.1. The zero-order chi connectivity index (χ0) is 13.5. The number of nitrogens with zero attached hydrogens (tertiary/aromatic N) is 5. The van der Waals surface area contributed by atoms with Crippen LogP contribution in [0.2, 0.25) is 0 Å². The molecule has 1 aliphatic carbocycles. The summed E-state index contributed by atoms with van der Waals surface area (Å²) >= 11 is 0. The van der Waals surface area contributed by atoms with Crippen molar-refractivity contribution < 1.29 is 0 Å². The Balaban J connectivity index is 1.85. The third-order valence-electron chi connectivity index (χ3n) is 4.33. The normalized spacial score (nSPS) is 20.6. The first-order valence-electron chi connectivity index (χ1n) is 7.25. The van der Waals surface area contributed by atoms with Crippen LogP contribution < -0.4 is 4.90 Å². The Hall–Kier alpha value is -2.04. The van der Waals surface area contributed by atoms with Crippen molar-refractivity contribution in [3.63, 3.8) is 0 Å². The van der Waals surface area contributed by atoms with Gasteiger partial charge >= 0.3 is 0 Å². The molecule has 0 amide bonds. The molecule has 1 atom stereocenters. The fourth-order valence-electron chi connectivity index (χ4n) is 3.02. The number of aryl methyl sites for hydroxylation is 1. The molecule has 0 radical (unpaired) electrons. The van der Waals surface area contributed by atoms with Gasteiger partial charge in [0.1, 0.15) is 6.33 Å². The largest absolute Gasteiger partial charge is 0.338 e. The molecule has 1 aliphatic heterocycles. The molecule has 5 heteroatoms. The third-order valence-corrected chi connectivity index (χ3v) is 4.33. The first-order chi connectivity index (χ1) is 9.83. The van der Waals surface area contributed by atoms with E-state index in [9.17, 15) is 0 Å². The maximum absolute atomic E-state index is 4.82. The van der Waals surface area contributed by atoms with Gasteiger partial charge in [-0.2, -0.15) is 0 Å². The molecule has 0 N–H and O–H groups in total. The second-order valence-corrected chi connectivity index (χ2v) is 5.61. The molecule has 0 saturated carbocycles. The van der Waals surface area contributed by atoms with Gasteiger partial charge in [0.25, 0.3) is 0 Å². The number of hydrogen-bond donors (Lipinski definition) is 0. The van der Waals surface area contributed by atoms with Crippen LogP contribution in [0.5, 0.6) is 0 Å². The average molecular weight is 267 g/mol. The van der Waals surface area contributed by atoms with E-state index in [1.54, 1.807) is 6.33 Å². The Bertz CT molecular complexity index is 640. The van der Waals surface area contributed by atoms with Gasteiger partial charge in [0, 0.05) is 41.8 Å². The summed E-state index contributed by atoms with van der Waals surface area (Å²) in [6.07, 6.45) is 9.77. The fourth-order valence-corrected chi connectivity index (χ4v) is 3.02. The highest BCUT2D eigenvalue weighted by Crippen LogP contribution is 2.33. The summed E-state index contributed by atoms with van der Waals surface area (Å²) in [5, 5.41) is 0. The summed E-state index contributed by atoms with van der Waals surface area (Å²) < 4.78 is 0. The van der Waals surface area contributed by atoms with Crippen molar-refractivity contribution in [2.45, 2.75) is 38.6 Å². The SMILES string of the molecule is C[C@H]1CCN1c1nc2c(c(-c3cncnc3)n1)CCC2. The van der Waals surface area contributed by atoms with E-state index in [2.05, 4.69) is 21.8 Å². The molecule has 0 spiro atoms. The van der Waals surface area contributed by atoms with Crippen molar-refractivity contribution in [3.05, 3.63) is 30.0 Å². The van der Waals surface area contributed by atoms with Crippen LogP contribution >= 0.6 is 0 Å². The molecule has 1 fully saturated rings. The molecule has 0 unspecified atom stereocenters. The van der Waals surface area contributed by atoms with Gasteiger partial charge < -0.3 is 4.90 Å². The molecule has 0 bridgehead atoms.